The van der Waals surface area contributed by atoms with Gasteiger partial charge in [-0.2, -0.15) is 0 Å². The molecular weight excluding hydrogens is 325 g/mol. The topological polar surface area (TPSA) is 29.1 Å². The van der Waals surface area contributed by atoms with Gasteiger partial charge in [0.15, 0.2) is 0 Å². The van der Waals surface area contributed by atoms with Crippen LogP contribution in [0.2, 0.25) is 10.0 Å². The number of nitrogens with one attached hydrogen (secondary N) is 1. The van der Waals surface area contributed by atoms with Crippen LogP contribution in [0.5, 0.6) is 0 Å². The van der Waals surface area contributed by atoms with Gasteiger partial charge in [-0.3, -0.25) is 4.79 Å². The highest BCUT2D eigenvalue weighted by Gasteiger charge is 2.14. The minimum Gasteiger partial charge on any atom is -0.352 e. The first-order chi connectivity index (χ1) is 8.06. The Bertz CT molecular complexity index is 378. The lowest BCUT2D eigenvalue weighted by atomic mass is 10.1. The molecule has 1 amide bonds. The van der Waals surface area contributed by atoms with Gasteiger partial charge in [-0.25, -0.2) is 0 Å². The normalized spacial score (nSPS) is 12.2. The quantitative estimate of drug-likeness (QED) is 0.803. The summed E-state index contributed by atoms with van der Waals surface area (Å²) in [7, 11) is 0. The van der Waals surface area contributed by atoms with Crippen LogP contribution in [0.4, 0.5) is 0 Å². The Morgan fingerprint density at radius 1 is 1.41 bits per heavy atom. The van der Waals surface area contributed by atoms with Crippen molar-refractivity contribution < 1.29 is 4.79 Å². The molecule has 0 aliphatic rings. The van der Waals surface area contributed by atoms with Crippen molar-refractivity contribution in [2.75, 3.05) is 11.9 Å². The van der Waals surface area contributed by atoms with E-state index in [-0.39, 0.29) is 5.91 Å². The van der Waals surface area contributed by atoms with E-state index in [0.717, 1.165) is 11.8 Å². The van der Waals surface area contributed by atoms with Crippen LogP contribution in [0, 0.1) is 5.92 Å². The minimum absolute atomic E-state index is 0.220. The number of amides is 1. The van der Waals surface area contributed by atoms with Crippen molar-refractivity contribution in [3.8, 4) is 0 Å². The van der Waals surface area contributed by atoms with E-state index < -0.39 is 0 Å². The number of carbonyl (C=O) groups excluding carboxylic acids is 1. The summed E-state index contributed by atoms with van der Waals surface area (Å²) in [5.41, 5.74) is 0.349. The number of halogens is 3. The van der Waals surface area contributed by atoms with E-state index in [1.165, 1.54) is 0 Å². The second kappa shape index (κ2) is 7.24. The van der Waals surface area contributed by atoms with E-state index in [2.05, 4.69) is 28.2 Å². The number of hydrogen-bond acceptors (Lipinski definition) is 1. The summed E-state index contributed by atoms with van der Waals surface area (Å²) in [6.45, 7) is 2.70. The Morgan fingerprint density at radius 2 is 2.00 bits per heavy atom. The number of rotatable bonds is 5. The molecule has 1 N–H and O–H groups in total. The SMILES string of the molecule is CC(CCBr)CNC(=O)c1c(Cl)cccc1Cl. The molecule has 1 atom stereocenters. The number of alkyl halides is 1. The number of benzene rings is 1. The van der Waals surface area contributed by atoms with Gasteiger partial charge in [0.05, 0.1) is 15.6 Å². The molecule has 5 heteroatoms. The molecule has 0 saturated heterocycles. The Balaban J connectivity index is 2.64. The highest BCUT2D eigenvalue weighted by molar-refractivity contribution is 9.09. The van der Waals surface area contributed by atoms with Crippen LogP contribution in [-0.2, 0) is 0 Å². The largest absolute Gasteiger partial charge is 0.352 e. The fourth-order valence-electron chi connectivity index (χ4n) is 1.36. The van der Waals surface area contributed by atoms with Gasteiger partial charge in [0, 0.05) is 11.9 Å². The average Bonchev–Trinajstić information content (AvgIpc) is 2.26. The zero-order valence-electron chi connectivity index (χ0n) is 9.47. The zero-order valence-corrected chi connectivity index (χ0v) is 12.6. The van der Waals surface area contributed by atoms with E-state index in [0.29, 0.717) is 28.1 Å². The third-order valence-electron chi connectivity index (χ3n) is 2.40. The molecule has 0 saturated carbocycles. The molecule has 1 aromatic carbocycles. The summed E-state index contributed by atoms with van der Waals surface area (Å²) < 4.78 is 0. The molecule has 1 unspecified atom stereocenters. The maximum absolute atomic E-state index is 11.9. The molecule has 2 nitrogen and oxygen atoms in total. The monoisotopic (exact) mass is 337 g/mol. The van der Waals surface area contributed by atoms with Crippen LogP contribution in [0.15, 0.2) is 18.2 Å². The smallest absolute Gasteiger partial charge is 0.254 e. The summed E-state index contributed by atoms with van der Waals surface area (Å²) in [5.74, 6) is 0.196. The number of hydrogen-bond donors (Lipinski definition) is 1. The van der Waals surface area contributed by atoms with Crippen molar-refractivity contribution in [3.63, 3.8) is 0 Å². The molecule has 94 valence electrons. The molecule has 0 aliphatic carbocycles. The van der Waals surface area contributed by atoms with Crippen molar-refractivity contribution in [2.45, 2.75) is 13.3 Å². The average molecular weight is 339 g/mol. The van der Waals surface area contributed by atoms with Crippen molar-refractivity contribution in [1.29, 1.82) is 0 Å². The van der Waals surface area contributed by atoms with Gasteiger partial charge >= 0.3 is 0 Å². The standard InChI is InChI=1S/C12H14BrCl2NO/c1-8(5-6-13)7-16-12(17)11-9(14)3-2-4-10(11)15/h2-4,8H,5-7H2,1H3,(H,16,17). The van der Waals surface area contributed by atoms with Crippen molar-refractivity contribution in [3.05, 3.63) is 33.8 Å². The van der Waals surface area contributed by atoms with E-state index in [9.17, 15) is 4.79 Å². The second-order valence-electron chi connectivity index (χ2n) is 3.89. The molecule has 0 aromatic heterocycles. The first-order valence-corrected chi connectivity index (χ1v) is 7.22. The fourth-order valence-corrected chi connectivity index (χ4v) is 2.71. The summed E-state index contributed by atoms with van der Waals surface area (Å²) >= 11 is 15.3. The Morgan fingerprint density at radius 3 is 2.53 bits per heavy atom. The second-order valence-corrected chi connectivity index (χ2v) is 5.50. The fraction of sp³-hybridized carbons (Fsp3) is 0.417. The lowest BCUT2D eigenvalue weighted by molar-refractivity contribution is 0.0948. The van der Waals surface area contributed by atoms with Crippen molar-refractivity contribution in [1.82, 2.24) is 5.32 Å². The summed E-state index contributed by atoms with van der Waals surface area (Å²) in [6, 6.07) is 5.03. The maximum Gasteiger partial charge on any atom is 0.254 e. The molecule has 0 radical (unpaired) electrons. The summed E-state index contributed by atoms with van der Waals surface area (Å²) in [5, 5.41) is 4.52. The third-order valence-corrected chi connectivity index (χ3v) is 3.49. The first-order valence-electron chi connectivity index (χ1n) is 5.34. The predicted molar refractivity (Wildman–Crippen MR) is 76.4 cm³/mol. The Hall–Kier alpha value is -0.250. The van der Waals surface area contributed by atoms with Crippen LogP contribution < -0.4 is 5.32 Å². The summed E-state index contributed by atoms with van der Waals surface area (Å²) in [6.07, 6.45) is 1.01. The third kappa shape index (κ3) is 4.49. The zero-order chi connectivity index (χ0) is 12.8. The lowest BCUT2D eigenvalue weighted by Crippen LogP contribution is -2.28. The van der Waals surface area contributed by atoms with Crippen molar-refractivity contribution >= 4 is 45.0 Å². The molecule has 1 aromatic rings. The van der Waals surface area contributed by atoms with Crippen LogP contribution in [-0.4, -0.2) is 17.8 Å². The van der Waals surface area contributed by atoms with Gasteiger partial charge in [0.2, 0.25) is 0 Å². The van der Waals surface area contributed by atoms with E-state index in [1.807, 2.05) is 0 Å². The van der Waals surface area contributed by atoms with E-state index in [4.69, 9.17) is 23.2 Å². The van der Waals surface area contributed by atoms with Gasteiger partial charge in [-0.1, -0.05) is 52.1 Å². The predicted octanol–water partition coefficient (Wildman–Crippen LogP) is 4.14. The Kier molecular flexibility index (Phi) is 6.31. The van der Waals surface area contributed by atoms with Crippen molar-refractivity contribution in [2.24, 2.45) is 5.92 Å². The highest BCUT2D eigenvalue weighted by Crippen LogP contribution is 2.23. The van der Waals surface area contributed by atoms with Crippen LogP contribution in [0.25, 0.3) is 0 Å². The Labute approximate surface area is 120 Å². The molecule has 1 rings (SSSR count). The lowest BCUT2D eigenvalue weighted by Gasteiger charge is -2.12. The van der Waals surface area contributed by atoms with Gasteiger partial charge in [-0.05, 0) is 24.5 Å². The molecule has 0 bridgehead atoms. The maximum atomic E-state index is 11.9. The van der Waals surface area contributed by atoms with Gasteiger partial charge < -0.3 is 5.32 Å². The van der Waals surface area contributed by atoms with Gasteiger partial charge in [-0.15, -0.1) is 0 Å². The van der Waals surface area contributed by atoms with Crippen LogP contribution >= 0.6 is 39.1 Å². The van der Waals surface area contributed by atoms with E-state index >= 15 is 0 Å². The highest BCUT2D eigenvalue weighted by atomic mass is 79.9. The molecule has 17 heavy (non-hydrogen) atoms. The molecular formula is C12H14BrCl2NO. The molecule has 0 fully saturated rings. The van der Waals surface area contributed by atoms with Gasteiger partial charge in [0.1, 0.15) is 0 Å². The van der Waals surface area contributed by atoms with Crippen LogP contribution in [0.3, 0.4) is 0 Å². The first kappa shape index (κ1) is 14.8. The summed E-state index contributed by atoms with van der Waals surface area (Å²) in [4.78, 5) is 11.9. The van der Waals surface area contributed by atoms with E-state index in [1.54, 1.807) is 18.2 Å². The van der Waals surface area contributed by atoms with Gasteiger partial charge in [0.25, 0.3) is 5.91 Å². The number of carbonyl (C=O) groups is 1. The molecule has 0 spiro atoms. The van der Waals surface area contributed by atoms with Crippen LogP contribution in [0.1, 0.15) is 23.7 Å². The minimum atomic E-state index is -0.220. The molecule has 0 heterocycles. The molecule has 0 aliphatic heterocycles.